The molecule has 7 nitrogen and oxygen atoms in total. The Morgan fingerprint density at radius 1 is 1.19 bits per heavy atom. The fourth-order valence-electron chi connectivity index (χ4n) is 2.72. The van der Waals surface area contributed by atoms with Gasteiger partial charge in [0.2, 0.25) is 0 Å². The number of amides is 1. The molecule has 3 aromatic rings. The number of halogens is 2. The molecule has 0 bridgehead atoms. The van der Waals surface area contributed by atoms with Crippen LogP contribution in [0, 0.1) is 27.3 Å². The number of nitriles is 1. The highest BCUT2D eigenvalue weighted by Gasteiger charge is 2.16. The number of anilines is 1. The summed E-state index contributed by atoms with van der Waals surface area (Å²) in [5.74, 6) is -1.35. The monoisotopic (exact) mass is 495 g/mol. The predicted molar refractivity (Wildman–Crippen MR) is 120 cm³/mol. The zero-order chi connectivity index (χ0) is 23.1. The molecule has 9 heteroatoms. The number of benzene rings is 3. The van der Waals surface area contributed by atoms with E-state index in [2.05, 4.69) is 21.2 Å². The molecule has 0 atom stereocenters. The number of ether oxygens (including phenoxy) is 1. The standard InChI is InChI=1S/C23H15BrFN3O4/c24-18-6-9-22(32-14-15-4-2-1-3-5-15)16(11-18)10-17(13-26)23(29)27-21-12-19(28(30)31)7-8-20(21)25/h1-12H,14H2,(H,27,29). The lowest BCUT2D eigenvalue weighted by molar-refractivity contribution is -0.384. The smallest absolute Gasteiger partial charge is 0.271 e. The minimum absolute atomic E-state index is 0.274. The van der Waals surface area contributed by atoms with Crippen LogP contribution in [0.4, 0.5) is 15.8 Å². The molecule has 0 saturated heterocycles. The van der Waals surface area contributed by atoms with Gasteiger partial charge in [0.1, 0.15) is 29.8 Å². The molecule has 0 aromatic heterocycles. The lowest BCUT2D eigenvalue weighted by atomic mass is 10.1. The molecule has 160 valence electrons. The number of rotatable bonds is 7. The average Bonchev–Trinajstić information content (AvgIpc) is 2.78. The maximum absolute atomic E-state index is 14.0. The highest BCUT2D eigenvalue weighted by atomic mass is 79.9. The lowest BCUT2D eigenvalue weighted by Gasteiger charge is -2.11. The van der Waals surface area contributed by atoms with Crippen LogP contribution in [-0.2, 0) is 11.4 Å². The quantitative estimate of drug-likeness (QED) is 0.198. The van der Waals surface area contributed by atoms with Crippen molar-refractivity contribution in [2.24, 2.45) is 0 Å². The van der Waals surface area contributed by atoms with Crippen molar-refractivity contribution in [2.45, 2.75) is 6.61 Å². The summed E-state index contributed by atoms with van der Waals surface area (Å²) in [6, 6.07) is 19.1. The number of nitrogens with zero attached hydrogens (tertiary/aromatic N) is 2. The van der Waals surface area contributed by atoms with E-state index in [1.54, 1.807) is 24.3 Å². The van der Waals surface area contributed by atoms with Crippen LogP contribution < -0.4 is 10.1 Å². The molecule has 1 amide bonds. The molecule has 0 saturated carbocycles. The summed E-state index contributed by atoms with van der Waals surface area (Å²) in [6.45, 7) is 0.274. The van der Waals surface area contributed by atoms with Crippen LogP contribution >= 0.6 is 15.9 Å². The average molecular weight is 496 g/mol. The van der Waals surface area contributed by atoms with E-state index in [0.717, 1.165) is 23.8 Å². The van der Waals surface area contributed by atoms with Crippen molar-refractivity contribution in [2.75, 3.05) is 5.32 Å². The molecule has 0 heterocycles. The van der Waals surface area contributed by atoms with Crippen LogP contribution in [0.1, 0.15) is 11.1 Å². The summed E-state index contributed by atoms with van der Waals surface area (Å²) in [5, 5.41) is 22.6. The molecule has 0 unspecified atom stereocenters. The van der Waals surface area contributed by atoms with E-state index in [1.807, 2.05) is 30.3 Å². The van der Waals surface area contributed by atoms with E-state index in [4.69, 9.17) is 4.74 Å². The fourth-order valence-corrected chi connectivity index (χ4v) is 3.09. The number of non-ortho nitro benzene ring substituents is 1. The van der Waals surface area contributed by atoms with E-state index in [-0.39, 0.29) is 12.2 Å². The molecule has 3 aromatic carbocycles. The highest BCUT2D eigenvalue weighted by Crippen LogP contribution is 2.27. The third kappa shape index (κ3) is 5.77. The van der Waals surface area contributed by atoms with E-state index < -0.39 is 28.0 Å². The molecule has 0 fully saturated rings. The van der Waals surface area contributed by atoms with Crippen LogP contribution in [0.2, 0.25) is 0 Å². The van der Waals surface area contributed by atoms with Crippen LogP contribution in [-0.4, -0.2) is 10.8 Å². The largest absolute Gasteiger partial charge is 0.488 e. The van der Waals surface area contributed by atoms with Gasteiger partial charge in [-0.3, -0.25) is 14.9 Å². The van der Waals surface area contributed by atoms with Crippen molar-refractivity contribution in [1.82, 2.24) is 0 Å². The molecule has 0 radical (unpaired) electrons. The van der Waals surface area contributed by atoms with Crippen molar-refractivity contribution in [1.29, 1.82) is 5.26 Å². The van der Waals surface area contributed by atoms with Gasteiger partial charge in [0.05, 0.1) is 10.6 Å². The summed E-state index contributed by atoms with van der Waals surface area (Å²) >= 11 is 3.34. The first-order chi connectivity index (χ1) is 15.4. The van der Waals surface area contributed by atoms with Gasteiger partial charge in [-0.15, -0.1) is 0 Å². The molecule has 0 aliphatic carbocycles. The van der Waals surface area contributed by atoms with Crippen molar-refractivity contribution in [3.63, 3.8) is 0 Å². The number of nitro groups is 1. The Kier molecular flexibility index (Phi) is 7.31. The number of nitrogens with one attached hydrogen (secondary N) is 1. The minimum Gasteiger partial charge on any atom is -0.488 e. The number of carbonyl (C=O) groups excluding carboxylic acids is 1. The predicted octanol–water partition coefficient (Wildman–Crippen LogP) is 5.62. The van der Waals surface area contributed by atoms with Crippen LogP contribution in [0.25, 0.3) is 6.08 Å². The molecule has 3 rings (SSSR count). The van der Waals surface area contributed by atoms with E-state index in [0.29, 0.717) is 15.8 Å². The minimum atomic E-state index is -0.916. The summed E-state index contributed by atoms with van der Waals surface area (Å²) in [5.41, 5.74) is 0.248. The molecular formula is C23H15BrFN3O4. The topological polar surface area (TPSA) is 105 Å². The SMILES string of the molecule is N#CC(=Cc1cc(Br)ccc1OCc1ccccc1)C(=O)Nc1cc([N+](=O)[O-])ccc1F. The second-order valence-electron chi connectivity index (χ2n) is 6.50. The van der Waals surface area contributed by atoms with E-state index in [9.17, 15) is 24.6 Å². The normalized spacial score (nSPS) is 10.8. The Morgan fingerprint density at radius 2 is 1.94 bits per heavy atom. The zero-order valence-corrected chi connectivity index (χ0v) is 18.0. The van der Waals surface area contributed by atoms with Crippen LogP contribution in [0.3, 0.4) is 0 Å². The van der Waals surface area contributed by atoms with Crippen molar-refractivity contribution >= 4 is 39.3 Å². The molecule has 0 aliphatic rings. The summed E-state index contributed by atoms with van der Waals surface area (Å²) in [4.78, 5) is 22.8. The van der Waals surface area contributed by atoms with Crippen molar-refractivity contribution in [3.05, 3.63) is 104 Å². The maximum Gasteiger partial charge on any atom is 0.271 e. The summed E-state index contributed by atoms with van der Waals surface area (Å²) < 4.78 is 20.5. The van der Waals surface area contributed by atoms with Crippen LogP contribution in [0.5, 0.6) is 5.75 Å². The Morgan fingerprint density at radius 3 is 2.62 bits per heavy atom. The first kappa shape index (κ1) is 22.7. The Hall–Kier alpha value is -4.03. The number of hydrogen-bond acceptors (Lipinski definition) is 5. The van der Waals surface area contributed by atoms with Gasteiger partial charge in [0.15, 0.2) is 0 Å². The van der Waals surface area contributed by atoms with Gasteiger partial charge in [-0.1, -0.05) is 46.3 Å². The number of carbonyl (C=O) groups is 1. The van der Waals surface area contributed by atoms with Gasteiger partial charge in [0.25, 0.3) is 11.6 Å². The Bertz CT molecular complexity index is 1240. The molecular weight excluding hydrogens is 481 g/mol. The lowest BCUT2D eigenvalue weighted by Crippen LogP contribution is -2.14. The Labute approximate surface area is 191 Å². The first-order valence-electron chi connectivity index (χ1n) is 9.20. The van der Waals surface area contributed by atoms with Gasteiger partial charge in [-0.05, 0) is 35.9 Å². The van der Waals surface area contributed by atoms with Gasteiger partial charge < -0.3 is 10.1 Å². The first-order valence-corrected chi connectivity index (χ1v) is 10.00. The summed E-state index contributed by atoms with van der Waals surface area (Å²) in [7, 11) is 0. The van der Waals surface area contributed by atoms with Crippen LogP contribution in [0.15, 0.2) is 76.8 Å². The van der Waals surface area contributed by atoms with Gasteiger partial charge in [0, 0.05) is 22.2 Å². The Balaban J connectivity index is 1.86. The number of hydrogen-bond donors (Lipinski definition) is 1. The zero-order valence-electron chi connectivity index (χ0n) is 16.4. The van der Waals surface area contributed by atoms with Gasteiger partial charge >= 0.3 is 0 Å². The van der Waals surface area contributed by atoms with E-state index >= 15 is 0 Å². The second kappa shape index (κ2) is 10.3. The van der Waals surface area contributed by atoms with Gasteiger partial charge in [-0.2, -0.15) is 5.26 Å². The fraction of sp³-hybridized carbons (Fsp3) is 0.0435. The molecule has 1 N–H and O–H groups in total. The summed E-state index contributed by atoms with van der Waals surface area (Å²) in [6.07, 6.45) is 1.30. The molecule has 32 heavy (non-hydrogen) atoms. The van der Waals surface area contributed by atoms with Gasteiger partial charge in [-0.25, -0.2) is 4.39 Å². The third-order valence-electron chi connectivity index (χ3n) is 4.28. The number of nitro benzene ring substituents is 1. The van der Waals surface area contributed by atoms with Crippen molar-refractivity contribution in [3.8, 4) is 11.8 Å². The maximum atomic E-state index is 14.0. The highest BCUT2D eigenvalue weighted by molar-refractivity contribution is 9.10. The molecule has 0 spiro atoms. The second-order valence-corrected chi connectivity index (χ2v) is 7.42. The molecule has 0 aliphatic heterocycles. The van der Waals surface area contributed by atoms with E-state index in [1.165, 1.54) is 6.08 Å². The van der Waals surface area contributed by atoms with Crippen molar-refractivity contribution < 1.29 is 18.8 Å². The third-order valence-corrected chi connectivity index (χ3v) is 4.78.